The van der Waals surface area contributed by atoms with Gasteiger partial charge in [-0.3, -0.25) is 0 Å². The van der Waals surface area contributed by atoms with Gasteiger partial charge in [0.25, 0.3) is 0 Å². The lowest BCUT2D eigenvalue weighted by atomic mass is 10.1. The summed E-state index contributed by atoms with van der Waals surface area (Å²) in [6.07, 6.45) is 3.41. The molecule has 0 fully saturated rings. The molecule has 0 spiro atoms. The van der Waals surface area contributed by atoms with Crippen molar-refractivity contribution in [3.05, 3.63) is 59.7 Å². The fraction of sp³-hybridized carbons (Fsp3) is 0.368. The Labute approximate surface area is 132 Å². The van der Waals surface area contributed by atoms with Gasteiger partial charge in [0, 0.05) is 18.3 Å². The molecule has 2 aromatic rings. The molecule has 1 N–H and O–H groups in total. The Morgan fingerprint density at radius 3 is 2.95 bits per heavy atom. The molecule has 22 heavy (non-hydrogen) atoms. The van der Waals surface area contributed by atoms with Crippen molar-refractivity contribution in [2.24, 2.45) is 0 Å². The average Bonchev–Trinajstić information content (AvgIpc) is 2.97. The number of hydrogen-bond donors (Lipinski definition) is 1. The minimum absolute atomic E-state index is 0.164. The fourth-order valence-electron chi connectivity index (χ4n) is 2.84. The third-order valence-corrected chi connectivity index (χ3v) is 3.99. The summed E-state index contributed by atoms with van der Waals surface area (Å²) in [6, 6.07) is 16.5. The summed E-state index contributed by atoms with van der Waals surface area (Å²) in [5.41, 5.74) is 3.80. The Balaban J connectivity index is 1.51. The highest BCUT2D eigenvalue weighted by molar-refractivity contribution is 5.48. The van der Waals surface area contributed by atoms with Gasteiger partial charge in [0.05, 0.1) is 6.10 Å². The van der Waals surface area contributed by atoms with Crippen LogP contribution in [0.25, 0.3) is 0 Å². The average molecular weight is 297 g/mol. The maximum absolute atomic E-state index is 5.91. The summed E-state index contributed by atoms with van der Waals surface area (Å²) < 4.78 is 11.7. The van der Waals surface area contributed by atoms with Gasteiger partial charge >= 0.3 is 0 Å². The van der Waals surface area contributed by atoms with Crippen LogP contribution in [0.2, 0.25) is 0 Å². The van der Waals surface area contributed by atoms with Crippen molar-refractivity contribution in [1.82, 2.24) is 0 Å². The summed E-state index contributed by atoms with van der Waals surface area (Å²) in [6.45, 7) is 3.41. The number of rotatable bonds is 7. The molecule has 0 aromatic heterocycles. The second kappa shape index (κ2) is 7.32. The van der Waals surface area contributed by atoms with E-state index in [1.165, 1.54) is 11.1 Å². The minimum Gasteiger partial charge on any atom is -0.467 e. The molecule has 1 aliphatic carbocycles. The van der Waals surface area contributed by atoms with Crippen LogP contribution in [0.15, 0.2) is 48.5 Å². The monoisotopic (exact) mass is 297 g/mol. The van der Waals surface area contributed by atoms with Crippen molar-refractivity contribution in [3.63, 3.8) is 0 Å². The molecule has 0 bridgehead atoms. The number of nitrogens with one attached hydrogen (secondary N) is 1. The third kappa shape index (κ3) is 3.60. The van der Waals surface area contributed by atoms with Crippen molar-refractivity contribution in [2.75, 3.05) is 18.7 Å². The normalized spacial score (nSPS) is 16.3. The van der Waals surface area contributed by atoms with Crippen LogP contribution in [-0.2, 0) is 11.2 Å². The van der Waals surface area contributed by atoms with Crippen LogP contribution in [0.3, 0.4) is 0 Å². The molecular weight excluding hydrogens is 274 g/mol. The van der Waals surface area contributed by atoms with Crippen LogP contribution in [0.1, 0.15) is 37.0 Å². The summed E-state index contributed by atoms with van der Waals surface area (Å²) in [5.74, 6) is 0.840. The van der Waals surface area contributed by atoms with Crippen LogP contribution >= 0.6 is 0 Å². The van der Waals surface area contributed by atoms with Gasteiger partial charge in [0.2, 0.25) is 0 Å². The highest BCUT2D eigenvalue weighted by Crippen LogP contribution is 2.33. The van der Waals surface area contributed by atoms with Crippen LogP contribution in [0, 0.1) is 0 Å². The molecule has 3 nitrogen and oxygen atoms in total. The van der Waals surface area contributed by atoms with E-state index < -0.39 is 0 Å². The molecule has 0 heterocycles. The molecule has 3 rings (SSSR count). The number of ether oxygens (including phenoxy) is 2. The van der Waals surface area contributed by atoms with Gasteiger partial charge in [0.1, 0.15) is 5.75 Å². The molecule has 0 radical (unpaired) electrons. The molecule has 3 heteroatoms. The van der Waals surface area contributed by atoms with Crippen molar-refractivity contribution in [1.29, 1.82) is 0 Å². The van der Waals surface area contributed by atoms with E-state index in [4.69, 9.17) is 9.47 Å². The van der Waals surface area contributed by atoms with E-state index in [9.17, 15) is 0 Å². The van der Waals surface area contributed by atoms with Crippen LogP contribution < -0.4 is 10.1 Å². The number of fused-ring (bicyclic) bond motifs is 1. The number of aryl methyl sites for hydroxylation is 1. The maximum Gasteiger partial charge on any atom is 0.189 e. The summed E-state index contributed by atoms with van der Waals surface area (Å²) in [4.78, 5) is 0. The first-order chi connectivity index (χ1) is 10.9. The lowest BCUT2D eigenvalue weighted by molar-refractivity contribution is -0.0365. The van der Waals surface area contributed by atoms with Crippen LogP contribution in [0.4, 0.5) is 5.69 Å². The Morgan fingerprint density at radius 1 is 1.14 bits per heavy atom. The van der Waals surface area contributed by atoms with Gasteiger partial charge in [-0.25, -0.2) is 0 Å². The standard InChI is InChI=1S/C19H23NO2/c1-2-12-20-16-7-5-8-17(13-16)21-14-22-19-11-10-15-6-3-4-9-18(15)19/h3-9,13,19-20H,2,10-12,14H2,1H3. The van der Waals surface area contributed by atoms with Crippen molar-refractivity contribution in [3.8, 4) is 5.75 Å². The van der Waals surface area contributed by atoms with E-state index in [0.717, 1.165) is 37.2 Å². The zero-order chi connectivity index (χ0) is 15.2. The van der Waals surface area contributed by atoms with E-state index in [1.807, 2.05) is 18.2 Å². The fourth-order valence-corrected chi connectivity index (χ4v) is 2.84. The molecule has 1 atom stereocenters. The molecule has 0 saturated heterocycles. The predicted molar refractivity (Wildman–Crippen MR) is 89.3 cm³/mol. The molecule has 1 unspecified atom stereocenters. The molecular formula is C19H23NO2. The topological polar surface area (TPSA) is 30.5 Å². The SMILES string of the molecule is CCCNc1cccc(OCOC2CCc3ccccc32)c1. The lowest BCUT2D eigenvalue weighted by Gasteiger charge is -2.14. The Morgan fingerprint density at radius 2 is 2.05 bits per heavy atom. The van der Waals surface area contributed by atoms with E-state index in [1.54, 1.807) is 0 Å². The first kappa shape index (κ1) is 14.9. The zero-order valence-corrected chi connectivity index (χ0v) is 13.0. The van der Waals surface area contributed by atoms with E-state index in [0.29, 0.717) is 0 Å². The second-order valence-corrected chi connectivity index (χ2v) is 5.61. The van der Waals surface area contributed by atoms with Crippen molar-refractivity contribution >= 4 is 5.69 Å². The quantitative estimate of drug-likeness (QED) is 0.761. The van der Waals surface area contributed by atoms with E-state index in [-0.39, 0.29) is 12.9 Å². The Kier molecular flexibility index (Phi) is 4.96. The highest BCUT2D eigenvalue weighted by atomic mass is 16.7. The van der Waals surface area contributed by atoms with E-state index >= 15 is 0 Å². The minimum atomic E-state index is 0.164. The van der Waals surface area contributed by atoms with Crippen LogP contribution in [-0.4, -0.2) is 13.3 Å². The largest absolute Gasteiger partial charge is 0.467 e. The highest BCUT2D eigenvalue weighted by Gasteiger charge is 2.22. The first-order valence-electron chi connectivity index (χ1n) is 8.03. The van der Waals surface area contributed by atoms with Gasteiger partial charge in [-0.2, -0.15) is 0 Å². The molecule has 0 saturated carbocycles. The lowest BCUT2D eigenvalue weighted by Crippen LogP contribution is -2.07. The van der Waals surface area contributed by atoms with Gasteiger partial charge < -0.3 is 14.8 Å². The Hall–Kier alpha value is -2.00. The molecule has 1 aliphatic rings. The molecule has 0 amide bonds. The predicted octanol–water partition coefficient (Wildman–Crippen LogP) is 4.55. The molecule has 2 aromatic carbocycles. The number of anilines is 1. The summed E-state index contributed by atoms with van der Waals surface area (Å²) in [7, 11) is 0. The second-order valence-electron chi connectivity index (χ2n) is 5.61. The van der Waals surface area contributed by atoms with Crippen LogP contribution in [0.5, 0.6) is 5.75 Å². The smallest absolute Gasteiger partial charge is 0.189 e. The summed E-state index contributed by atoms with van der Waals surface area (Å²) >= 11 is 0. The zero-order valence-electron chi connectivity index (χ0n) is 13.0. The maximum atomic E-state index is 5.91. The van der Waals surface area contributed by atoms with Gasteiger partial charge in [-0.1, -0.05) is 37.3 Å². The molecule has 0 aliphatic heterocycles. The molecule has 116 valence electrons. The Bertz CT molecular complexity index is 612. The number of hydrogen-bond acceptors (Lipinski definition) is 3. The summed E-state index contributed by atoms with van der Waals surface area (Å²) in [5, 5.41) is 3.36. The number of benzene rings is 2. The van der Waals surface area contributed by atoms with Crippen molar-refractivity contribution < 1.29 is 9.47 Å². The van der Waals surface area contributed by atoms with Gasteiger partial charge in [-0.15, -0.1) is 0 Å². The van der Waals surface area contributed by atoms with E-state index in [2.05, 4.69) is 42.6 Å². The van der Waals surface area contributed by atoms with Gasteiger partial charge in [0.15, 0.2) is 6.79 Å². The third-order valence-electron chi connectivity index (χ3n) is 3.99. The first-order valence-corrected chi connectivity index (χ1v) is 8.03. The van der Waals surface area contributed by atoms with Gasteiger partial charge in [-0.05, 0) is 42.5 Å². The van der Waals surface area contributed by atoms with Crippen molar-refractivity contribution in [2.45, 2.75) is 32.3 Å².